The van der Waals surface area contributed by atoms with Crippen molar-refractivity contribution in [3.8, 4) is 11.5 Å². The second-order valence-electron chi connectivity index (χ2n) is 4.73. The Morgan fingerprint density at radius 3 is 2.76 bits per heavy atom. The zero-order chi connectivity index (χ0) is 15.0. The molecule has 3 rings (SSSR count). The lowest BCUT2D eigenvalue weighted by atomic mass is 10.0. The van der Waals surface area contributed by atoms with Crippen LogP contribution < -0.4 is 15.2 Å². The molecule has 0 saturated heterocycles. The number of nitrogens with two attached hydrogens (primary N) is 1. The van der Waals surface area contributed by atoms with E-state index in [1.807, 2.05) is 18.2 Å². The van der Waals surface area contributed by atoms with Crippen molar-refractivity contribution in [1.82, 2.24) is 0 Å². The molecule has 2 aromatic rings. The summed E-state index contributed by atoms with van der Waals surface area (Å²) in [6, 6.07) is 9.44. The second kappa shape index (κ2) is 5.83. The average Bonchev–Trinajstić information content (AvgIpc) is 2.50. The molecule has 1 aliphatic heterocycles. The van der Waals surface area contributed by atoms with Crippen LogP contribution in [0.3, 0.4) is 0 Å². The van der Waals surface area contributed by atoms with Gasteiger partial charge in [-0.3, -0.25) is 0 Å². The van der Waals surface area contributed by atoms with Crippen LogP contribution in [0.1, 0.15) is 11.6 Å². The van der Waals surface area contributed by atoms with Crippen molar-refractivity contribution in [1.29, 1.82) is 0 Å². The Hall–Kier alpha value is -1.30. The third-order valence-corrected chi connectivity index (χ3v) is 4.53. The highest BCUT2D eigenvalue weighted by Crippen LogP contribution is 2.35. The molecule has 6 heteroatoms. The van der Waals surface area contributed by atoms with Crippen molar-refractivity contribution >= 4 is 27.5 Å². The van der Waals surface area contributed by atoms with Gasteiger partial charge in [0.25, 0.3) is 0 Å². The van der Waals surface area contributed by atoms with Crippen LogP contribution in [0.2, 0.25) is 5.02 Å². The van der Waals surface area contributed by atoms with Gasteiger partial charge in [-0.05, 0) is 40.2 Å². The van der Waals surface area contributed by atoms with Crippen LogP contribution >= 0.6 is 27.5 Å². The smallest absolute Gasteiger partial charge is 0.161 e. The minimum absolute atomic E-state index is 0.255. The molecule has 0 bridgehead atoms. The maximum atomic E-state index is 14.1. The highest BCUT2D eigenvalue weighted by atomic mass is 79.9. The third-order valence-electron chi connectivity index (χ3n) is 3.33. The number of halogens is 3. The SMILES string of the molecule is NC(c1cc(Cl)c(Br)cc1F)C1COc2ccccc2O1. The predicted molar refractivity (Wildman–Crippen MR) is 82.4 cm³/mol. The van der Waals surface area contributed by atoms with Gasteiger partial charge in [-0.1, -0.05) is 23.7 Å². The molecule has 1 heterocycles. The second-order valence-corrected chi connectivity index (χ2v) is 5.99. The molecule has 2 unspecified atom stereocenters. The van der Waals surface area contributed by atoms with E-state index in [0.29, 0.717) is 26.6 Å². The first-order chi connectivity index (χ1) is 10.1. The lowest BCUT2D eigenvalue weighted by Gasteiger charge is -2.30. The monoisotopic (exact) mass is 371 g/mol. The molecular weight excluding hydrogens is 361 g/mol. The summed E-state index contributed by atoms with van der Waals surface area (Å²) < 4.78 is 26.0. The van der Waals surface area contributed by atoms with Crippen LogP contribution in [0.15, 0.2) is 40.9 Å². The Labute approximate surface area is 134 Å². The lowest BCUT2D eigenvalue weighted by Crippen LogP contribution is -2.39. The van der Waals surface area contributed by atoms with Gasteiger partial charge < -0.3 is 15.2 Å². The minimum Gasteiger partial charge on any atom is -0.486 e. The van der Waals surface area contributed by atoms with Crippen molar-refractivity contribution in [3.63, 3.8) is 0 Å². The number of benzene rings is 2. The van der Waals surface area contributed by atoms with E-state index in [9.17, 15) is 4.39 Å². The third kappa shape index (κ3) is 2.86. The van der Waals surface area contributed by atoms with Crippen LogP contribution in [-0.4, -0.2) is 12.7 Å². The van der Waals surface area contributed by atoms with E-state index < -0.39 is 18.0 Å². The molecule has 2 N–H and O–H groups in total. The predicted octanol–water partition coefficient (Wildman–Crippen LogP) is 4.08. The van der Waals surface area contributed by atoms with Gasteiger partial charge in [-0.2, -0.15) is 0 Å². The summed E-state index contributed by atoms with van der Waals surface area (Å²) in [5.74, 6) is 0.837. The first kappa shape index (κ1) is 14.6. The summed E-state index contributed by atoms with van der Waals surface area (Å²) in [5.41, 5.74) is 6.43. The molecule has 0 fully saturated rings. The Bertz CT molecular complexity index is 683. The topological polar surface area (TPSA) is 44.5 Å². The van der Waals surface area contributed by atoms with Crippen LogP contribution in [0.4, 0.5) is 4.39 Å². The molecule has 2 atom stereocenters. The van der Waals surface area contributed by atoms with Gasteiger partial charge in [0.2, 0.25) is 0 Å². The van der Waals surface area contributed by atoms with Gasteiger partial charge in [-0.15, -0.1) is 0 Å². The molecule has 0 aliphatic carbocycles. The van der Waals surface area contributed by atoms with Gasteiger partial charge in [0.1, 0.15) is 12.4 Å². The van der Waals surface area contributed by atoms with E-state index in [0.717, 1.165) is 0 Å². The molecule has 2 aromatic carbocycles. The molecule has 21 heavy (non-hydrogen) atoms. The quantitative estimate of drug-likeness (QED) is 0.808. The number of fused-ring (bicyclic) bond motifs is 1. The Kier molecular flexibility index (Phi) is 4.06. The molecule has 0 saturated carbocycles. The van der Waals surface area contributed by atoms with Gasteiger partial charge in [0, 0.05) is 10.0 Å². The van der Waals surface area contributed by atoms with E-state index >= 15 is 0 Å². The molecular formula is C15H12BrClFNO2. The lowest BCUT2D eigenvalue weighted by molar-refractivity contribution is 0.0712. The van der Waals surface area contributed by atoms with Crippen LogP contribution in [0, 0.1) is 5.82 Å². The normalized spacial score (nSPS) is 18.4. The molecule has 110 valence electrons. The summed E-state index contributed by atoms with van der Waals surface area (Å²) in [4.78, 5) is 0. The van der Waals surface area contributed by atoms with E-state index in [-0.39, 0.29) is 6.61 Å². The van der Waals surface area contributed by atoms with E-state index in [1.54, 1.807) is 6.07 Å². The summed E-state index contributed by atoms with van der Waals surface area (Å²) >= 11 is 9.19. The number of para-hydroxylation sites is 2. The maximum absolute atomic E-state index is 14.1. The van der Waals surface area contributed by atoms with Crippen molar-refractivity contribution in [2.24, 2.45) is 5.73 Å². The number of rotatable bonds is 2. The number of hydrogen-bond donors (Lipinski definition) is 1. The number of hydrogen-bond acceptors (Lipinski definition) is 3. The molecule has 0 radical (unpaired) electrons. The van der Waals surface area contributed by atoms with Gasteiger partial charge in [-0.25, -0.2) is 4.39 Å². The van der Waals surface area contributed by atoms with E-state index in [2.05, 4.69) is 15.9 Å². The standard InChI is InChI=1S/C15H12BrClFNO2/c16-9-6-11(18)8(5-10(9)17)15(19)14-7-20-12-3-1-2-4-13(12)21-14/h1-6,14-15H,7,19H2. The highest BCUT2D eigenvalue weighted by molar-refractivity contribution is 9.10. The fourth-order valence-corrected chi connectivity index (χ4v) is 2.69. The Morgan fingerprint density at radius 2 is 2.00 bits per heavy atom. The Balaban J connectivity index is 1.87. The Morgan fingerprint density at radius 1 is 1.29 bits per heavy atom. The van der Waals surface area contributed by atoms with E-state index in [1.165, 1.54) is 12.1 Å². The molecule has 0 aromatic heterocycles. The first-order valence-corrected chi connectivity index (χ1v) is 7.52. The zero-order valence-electron chi connectivity index (χ0n) is 10.9. The summed E-state index contributed by atoms with van der Waals surface area (Å²) in [6.45, 7) is 0.255. The first-order valence-electron chi connectivity index (χ1n) is 6.35. The summed E-state index contributed by atoms with van der Waals surface area (Å²) in [6.07, 6.45) is -0.480. The molecule has 3 nitrogen and oxygen atoms in total. The van der Waals surface area contributed by atoms with E-state index in [4.69, 9.17) is 26.8 Å². The van der Waals surface area contributed by atoms with Gasteiger partial charge >= 0.3 is 0 Å². The highest BCUT2D eigenvalue weighted by Gasteiger charge is 2.29. The van der Waals surface area contributed by atoms with Gasteiger partial charge in [0.15, 0.2) is 17.6 Å². The summed E-state index contributed by atoms with van der Waals surface area (Å²) in [7, 11) is 0. The number of ether oxygens (including phenoxy) is 2. The van der Waals surface area contributed by atoms with Crippen LogP contribution in [0.25, 0.3) is 0 Å². The molecule has 0 spiro atoms. The zero-order valence-corrected chi connectivity index (χ0v) is 13.2. The maximum Gasteiger partial charge on any atom is 0.161 e. The largest absolute Gasteiger partial charge is 0.486 e. The van der Waals surface area contributed by atoms with Crippen molar-refractivity contribution in [3.05, 3.63) is 57.3 Å². The van der Waals surface area contributed by atoms with Crippen LogP contribution in [0.5, 0.6) is 11.5 Å². The van der Waals surface area contributed by atoms with Gasteiger partial charge in [0.05, 0.1) is 11.1 Å². The fourth-order valence-electron chi connectivity index (χ4n) is 2.21. The molecule has 1 aliphatic rings. The fraction of sp³-hybridized carbons (Fsp3) is 0.200. The van der Waals surface area contributed by atoms with Crippen LogP contribution in [-0.2, 0) is 0 Å². The molecule has 0 amide bonds. The average molecular weight is 373 g/mol. The van der Waals surface area contributed by atoms with Crippen molar-refractivity contribution in [2.45, 2.75) is 12.1 Å². The van der Waals surface area contributed by atoms with Crippen molar-refractivity contribution < 1.29 is 13.9 Å². The van der Waals surface area contributed by atoms with Crippen molar-refractivity contribution in [2.75, 3.05) is 6.61 Å². The summed E-state index contributed by atoms with van der Waals surface area (Å²) in [5, 5.41) is 0.402. The minimum atomic E-state index is -0.677.